The van der Waals surface area contributed by atoms with Crippen molar-refractivity contribution in [2.45, 2.75) is 59.3 Å². The van der Waals surface area contributed by atoms with E-state index in [1.54, 1.807) is 7.11 Å². The molecule has 0 bridgehead atoms. The van der Waals surface area contributed by atoms with E-state index in [0.717, 1.165) is 72.9 Å². The first-order valence-electron chi connectivity index (χ1n) is 13.6. The maximum atomic E-state index is 6.09. The van der Waals surface area contributed by atoms with Crippen LogP contribution in [0.4, 0.5) is 5.69 Å². The second-order valence-corrected chi connectivity index (χ2v) is 9.99. The minimum absolute atomic E-state index is 0.676. The third kappa shape index (κ3) is 9.86. The van der Waals surface area contributed by atoms with Crippen LogP contribution in [0.2, 0.25) is 0 Å². The van der Waals surface area contributed by atoms with Gasteiger partial charge in [-0.2, -0.15) is 0 Å². The predicted octanol–water partition coefficient (Wildman–Crippen LogP) is 5.60. The predicted molar refractivity (Wildman–Crippen MR) is 149 cm³/mol. The first kappa shape index (κ1) is 28.1. The minimum Gasteiger partial charge on any atom is -0.493 e. The smallest absolute Gasteiger partial charge is 0.163 e. The molecule has 0 aromatic heterocycles. The first-order valence-corrected chi connectivity index (χ1v) is 13.6. The number of ether oxygens (including phenoxy) is 3. The Morgan fingerprint density at radius 1 is 1.14 bits per heavy atom. The van der Waals surface area contributed by atoms with Crippen LogP contribution in [0.3, 0.4) is 0 Å². The third-order valence-corrected chi connectivity index (χ3v) is 6.80. The Hall–Kier alpha value is -2.51. The van der Waals surface area contributed by atoms with Gasteiger partial charge in [0, 0.05) is 50.0 Å². The summed E-state index contributed by atoms with van der Waals surface area (Å²) >= 11 is 0. The standard InChI is InChI=1S/C29H46N4O3/c1-23(2)29(31-14-10-24(3)30-15-11-25-12-20-35-21-13-25)32-26-8-9-27(34-4)28(22-26)36-19-7-18-33-16-5-6-17-33/h8-10,14,22,25,30,32H,5-7,11-13,15-21H2,1-4H3/b24-10+,31-14-. The number of allylic oxidation sites excluding steroid dienone is 3. The number of rotatable bonds is 14. The van der Waals surface area contributed by atoms with Gasteiger partial charge in [-0.3, -0.25) is 0 Å². The molecule has 200 valence electrons. The molecular formula is C29H46N4O3. The quantitative estimate of drug-likeness (QED) is 0.257. The Morgan fingerprint density at radius 3 is 2.64 bits per heavy atom. The van der Waals surface area contributed by atoms with Crippen LogP contribution in [-0.2, 0) is 4.74 Å². The zero-order valence-corrected chi connectivity index (χ0v) is 22.8. The summed E-state index contributed by atoms with van der Waals surface area (Å²) in [5.74, 6) is 3.10. The van der Waals surface area contributed by atoms with E-state index in [2.05, 4.69) is 41.3 Å². The lowest BCUT2D eigenvalue weighted by molar-refractivity contribution is 0.0642. The number of anilines is 1. The highest BCUT2D eigenvalue weighted by molar-refractivity contribution is 5.73. The highest BCUT2D eigenvalue weighted by Crippen LogP contribution is 2.31. The Morgan fingerprint density at radius 2 is 1.92 bits per heavy atom. The molecule has 7 nitrogen and oxygen atoms in total. The largest absolute Gasteiger partial charge is 0.493 e. The third-order valence-electron chi connectivity index (χ3n) is 6.80. The molecule has 1 aromatic carbocycles. The van der Waals surface area contributed by atoms with E-state index in [0.29, 0.717) is 6.61 Å². The fraction of sp³-hybridized carbons (Fsp3) is 0.621. The van der Waals surface area contributed by atoms with Crippen molar-refractivity contribution in [1.82, 2.24) is 10.2 Å². The molecule has 2 heterocycles. The second-order valence-electron chi connectivity index (χ2n) is 9.99. The van der Waals surface area contributed by atoms with Crippen molar-refractivity contribution < 1.29 is 14.2 Å². The van der Waals surface area contributed by atoms with Gasteiger partial charge in [0.05, 0.1) is 13.7 Å². The molecular weight excluding hydrogens is 452 g/mol. The number of nitrogens with zero attached hydrogens (tertiary/aromatic N) is 2. The van der Waals surface area contributed by atoms with Gasteiger partial charge in [0.15, 0.2) is 11.5 Å². The van der Waals surface area contributed by atoms with Crippen molar-refractivity contribution in [3.63, 3.8) is 0 Å². The van der Waals surface area contributed by atoms with Gasteiger partial charge in [-0.05, 0) is 102 Å². The molecule has 0 unspecified atom stereocenters. The van der Waals surface area contributed by atoms with Crippen LogP contribution in [0.15, 0.2) is 46.4 Å². The average Bonchev–Trinajstić information content (AvgIpc) is 3.40. The molecule has 3 rings (SSSR count). The fourth-order valence-corrected chi connectivity index (χ4v) is 4.56. The highest BCUT2D eigenvalue weighted by atomic mass is 16.5. The van der Waals surface area contributed by atoms with Gasteiger partial charge in [0.2, 0.25) is 0 Å². The van der Waals surface area contributed by atoms with E-state index in [4.69, 9.17) is 14.2 Å². The van der Waals surface area contributed by atoms with Gasteiger partial charge in [-0.25, -0.2) is 4.99 Å². The summed E-state index contributed by atoms with van der Waals surface area (Å²) in [6.07, 6.45) is 11.1. The van der Waals surface area contributed by atoms with Gasteiger partial charge in [-0.15, -0.1) is 0 Å². The van der Waals surface area contributed by atoms with E-state index < -0.39 is 0 Å². The number of aliphatic imine (C=N–C) groups is 1. The lowest BCUT2D eigenvalue weighted by atomic mass is 9.97. The van der Waals surface area contributed by atoms with E-state index in [1.807, 2.05) is 30.5 Å². The maximum Gasteiger partial charge on any atom is 0.163 e. The number of nitrogens with one attached hydrogen (secondary N) is 2. The Bertz CT molecular complexity index is 881. The van der Waals surface area contributed by atoms with Crippen molar-refractivity contribution in [1.29, 1.82) is 0 Å². The summed E-state index contributed by atoms with van der Waals surface area (Å²) < 4.78 is 17.1. The summed E-state index contributed by atoms with van der Waals surface area (Å²) in [5.41, 5.74) is 3.15. The topological polar surface area (TPSA) is 67.3 Å². The summed E-state index contributed by atoms with van der Waals surface area (Å²) in [6, 6.07) is 5.93. The van der Waals surface area contributed by atoms with Crippen LogP contribution >= 0.6 is 0 Å². The van der Waals surface area contributed by atoms with Crippen molar-refractivity contribution in [3.8, 4) is 11.5 Å². The average molecular weight is 499 g/mol. The van der Waals surface area contributed by atoms with Crippen LogP contribution < -0.4 is 20.1 Å². The summed E-state index contributed by atoms with van der Waals surface area (Å²) in [5, 5.41) is 6.95. The van der Waals surface area contributed by atoms with E-state index in [-0.39, 0.29) is 0 Å². The summed E-state index contributed by atoms with van der Waals surface area (Å²) in [4.78, 5) is 7.19. The van der Waals surface area contributed by atoms with Gasteiger partial charge in [0.25, 0.3) is 0 Å². The monoisotopic (exact) mass is 498 g/mol. The van der Waals surface area contributed by atoms with Crippen molar-refractivity contribution >= 4 is 11.9 Å². The SMILES string of the molecule is COc1ccc(NC(/N=C\C=C(/C)NCCC2CCOCC2)=C(C)C)cc1OCCCN1CCCC1. The van der Waals surface area contributed by atoms with Crippen molar-refractivity contribution in [2.75, 3.05) is 58.4 Å². The molecule has 2 fully saturated rings. The lowest BCUT2D eigenvalue weighted by Crippen LogP contribution is -2.21. The zero-order valence-electron chi connectivity index (χ0n) is 22.8. The highest BCUT2D eigenvalue weighted by Gasteiger charge is 2.13. The van der Waals surface area contributed by atoms with E-state index in [1.165, 1.54) is 45.2 Å². The van der Waals surface area contributed by atoms with Crippen LogP contribution in [0.25, 0.3) is 0 Å². The lowest BCUT2D eigenvalue weighted by Gasteiger charge is -2.22. The second kappa shape index (κ2) is 15.6. The Balaban J connectivity index is 1.50. The number of benzene rings is 1. The van der Waals surface area contributed by atoms with Gasteiger partial charge in [0.1, 0.15) is 5.82 Å². The van der Waals surface area contributed by atoms with E-state index >= 15 is 0 Å². The first-order chi connectivity index (χ1) is 17.5. The van der Waals surface area contributed by atoms with Crippen LogP contribution in [0, 0.1) is 5.92 Å². The molecule has 0 saturated carbocycles. The molecule has 0 radical (unpaired) electrons. The number of likely N-dealkylation sites (tertiary alicyclic amines) is 1. The van der Waals surface area contributed by atoms with Gasteiger partial charge in [-0.1, -0.05) is 0 Å². The van der Waals surface area contributed by atoms with E-state index in [9.17, 15) is 0 Å². The molecule has 2 N–H and O–H groups in total. The van der Waals surface area contributed by atoms with Crippen molar-refractivity contribution in [3.05, 3.63) is 41.4 Å². The Kier molecular flexibility index (Phi) is 12.1. The molecule has 0 atom stereocenters. The number of hydrogen-bond donors (Lipinski definition) is 2. The van der Waals surface area contributed by atoms with Crippen LogP contribution in [-0.4, -0.2) is 64.2 Å². The molecule has 1 aromatic rings. The zero-order chi connectivity index (χ0) is 25.6. The van der Waals surface area contributed by atoms with Crippen molar-refractivity contribution in [2.24, 2.45) is 10.9 Å². The molecule has 0 amide bonds. The molecule has 2 aliphatic heterocycles. The van der Waals surface area contributed by atoms with Gasteiger partial charge >= 0.3 is 0 Å². The summed E-state index contributed by atoms with van der Waals surface area (Å²) in [6.45, 7) is 13.2. The van der Waals surface area contributed by atoms with Gasteiger partial charge < -0.3 is 29.7 Å². The molecule has 2 aliphatic rings. The van der Waals surface area contributed by atoms with Crippen LogP contribution in [0.1, 0.15) is 59.3 Å². The molecule has 36 heavy (non-hydrogen) atoms. The van der Waals surface area contributed by atoms with Crippen LogP contribution in [0.5, 0.6) is 11.5 Å². The maximum absolute atomic E-state index is 6.09. The molecule has 2 saturated heterocycles. The normalized spacial score (nSPS) is 17.4. The minimum atomic E-state index is 0.676. The number of methoxy groups -OCH3 is 1. The fourth-order valence-electron chi connectivity index (χ4n) is 4.56. The molecule has 0 spiro atoms. The molecule has 0 aliphatic carbocycles. The molecule has 7 heteroatoms. The summed E-state index contributed by atoms with van der Waals surface area (Å²) in [7, 11) is 1.68. The Labute approximate surface area is 218 Å². The number of hydrogen-bond acceptors (Lipinski definition) is 7.